The molecule has 0 unspecified atom stereocenters. The summed E-state index contributed by atoms with van der Waals surface area (Å²) in [5.41, 5.74) is 0.866. The summed E-state index contributed by atoms with van der Waals surface area (Å²) in [6.45, 7) is 5.13. The monoisotopic (exact) mass is 255 g/mol. The zero-order valence-electron chi connectivity index (χ0n) is 9.87. The van der Waals surface area contributed by atoms with Crippen molar-refractivity contribution < 1.29 is 14.7 Å². The first-order valence-corrected chi connectivity index (χ1v) is 5.55. The molecule has 4 nitrogen and oxygen atoms in total. The Balaban J connectivity index is 3.24. The molecule has 0 saturated heterocycles. The summed E-state index contributed by atoms with van der Waals surface area (Å²) in [5, 5.41) is 12.1. The van der Waals surface area contributed by atoms with Crippen LogP contribution in [0.25, 0.3) is 0 Å². The Kier molecular flexibility index (Phi) is 4.12. The molecule has 0 aliphatic carbocycles. The number of carboxylic acids is 1. The topological polar surface area (TPSA) is 66.4 Å². The van der Waals surface area contributed by atoms with E-state index in [0.717, 1.165) is 0 Å². The van der Waals surface area contributed by atoms with Gasteiger partial charge in [0.1, 0.15) is 0 Å². The standard InChI is InChI=1S/C12H14ClNO3/c1-6(2)11(15)14-10-7(3)9(13)5-4-8(10)12(16)17/h4-6H,1-3H3,(H,14,15)(H,16,17). The summed E-state index contributed by atoms with van der Waals surface area (Å²) in [7, 11) is 0. The first-order valence-electron chi connectivity index (χ1n) is 5.17. The third-order valence-electron chi connectivity index (χ3n) is 2.40. The number of anilines is 1. The van der Waals surface area contributed by atoms with Crippen molar-refractivity contribution in [3.05, 3.63) is 28.3 Å². The van der Waals surface area contributed by atoms with Crippen LogP contribution in [0.1, 0.15) is 29.8 Å². The molecule has 1 rings (SSSR count). The maximum Gasteiger partial charge on any atom is 0.337 e. The predicted molar refractivity (Wildman–Crippen MR) is 66.6 cm³/mol. The van der Waals surface area contributed by atoms with Crippen LogP contribution in [0, 0.1) is 12.8 Å². The molecule has 1 aromatic carbocycles. The van der Waals surface area contributed by atoms with Crippen molar-refractivity contribution in [2.75, 3.05) is 5.32 Å². The molecule has 0 spiro atoms. The highest BCUT2D eigenvalue weighted by molar-refractivity contribution is 6.32. The second-order valence-corrected chi connectivity index (χ2v) is 4.45. The fourth-order valence-electron chi connectivity index (χ4n) is 1.29. The average Bonchev–Trinajstić information content (AvgIpc) is 2.24. The number of rotatable bonds is 3. The lowest BCUT2D eigenvalue weighted by Crippen LogP contribution is -2.20. The van der Waals surface area contributed by atoms with E-state index >= 15 is 0 Å². The molecule has 0 aliphatic rings. The van der Waals surface area contributed by atoms with Crippen LogP contribution in [-0.2, 0) is 4.79 Å². The molecule has 0 atom stereocenters. The molecule has 17 heavy (non-hydrogen) atoms. The highest BCUT2D eigenvalue weighted by Gasteiger charge is 2.17. The van der Waals surface area contributed by atoms with Crippen molar-refractivity contribution >= 4 is 29.2 Å². The number of hydrogen-bond donors (Lipinski definition) is 2. The van der Waals surface area contributed by atoms with Gasteiger partial charge in [0.25, 0.3) is 0 Å². The van der Waals surface area contributed by atoms with Crippen molar-refractivity contribution in [2.24, 2.45) is 5.92 Å². The number of hydrogen-bond acceptors (Lipinski definition) is 2. The van der Waals surface area contributed by atoms with Crippen LogP contribution in [-0.4, -0.2) is 17.0 Å². The molecule has 0 heterocycles. The van der Waals surface area contributed by atoms with Gasteiger partial charge in [0, 0.05) is 10.9 Å². The Hall–Kier alpha value is -1.55. The molecule has 0 bridgehead atoms. The molecule has 0 aliphatic heterocycles. The van der Waals surface area contributed by atoms with Crippen molar-refractivity contribution in [3.8, 4) is 0 Å². The summed E-state index contributed by atoms with van der Waals surface area (Å²) in [6.07, 6.45) is 0. The molecule has 0 saturated carbocycles. The smallest absolute Gasteiger partial charge is 0.337 e. The number of carboxylic acid groups (broad SMARTS) is 1. The van der Waals surface area contributed by atoms with Gasteiger partial charge < -0.3 is 10.4 Å². The molecule has 5 heteroatoms. The number of halogens is 1. The van der Waals surface area contributed by atoms with Crippen molar-refractivity contribution in [3.63, 3.8) is 0 Å². The van der Waals surface area contributed by atoms with Gasteiger partial charge in [0.05, 0.1) is 11.3 Å². The predicted octanol–water partition coefficient (Wildman–Crippen LogP) is 2.94. The second kappa shape index (κ2) is 5.19. The molecule has 92 valence electrons. The van der Waals surface area contributed by atoms with Gasteiger partial charge in [-0.15, -0.1) is 0 Å². The maximum absolute atomic E-state index is 11.6. The maximum atomic E-state index is 11.6. The highest BCUT2D eigenvalue weighted by Crippen LogP contribution is 2.28. The minimum absolute atomic E-state index is 0.0425. The Bertz CT molecular complexity index is 469. The lowest BCUT2D eigenvalue weighted by Gasteiger charge is -2.14. The lowest BCUT2D eigenvalue weighted by molar-refractivity contribution is -0.118. The minimum atomic E-state index is -1.09. The van der Waals surface area contributed by atoms with E-state index in [2.05, 4.69) is 5.32 Å². The minimum Gasteiger partial charge on any atom is -0.478 e. The van der Waals surface area contributed by atoms with Crippen LogP contribution in [0.5, 0.6) is 0 Å². The van der Waals surface area contributed by atoms with Gasteiger partial charge in [-0.05, 0) is 24.6 Å². The molecule has 0 fully saturated rings. The SMILES string of the molecule is Cc1c(Cl)ccc(C(=O)O)c1NC(=O)C(C)C. The fourth-order valence-corrected chi connectivity index (χ4v) is 1.45. The van der Waals surface area contributed by atoms with Gasteiger partial charge in [0.2, 0.25) is 5.91 Å². The molecule has 0 aromatic heterocycles. The summed E-state index contributed by atoms with van der Waals surface area (Å²) >= 11 is 5.91. The van der Waals surface area contributed by atoms with E-state index in [-0.39, 0.29) is 23.1 Å². The Morgan fingerprint density at radius 2 is 1.94 bits per heavy atom. The van der Waals surface area contributed by atoms with E-state index in [9.17, 15) is 9.59 Å². The van der Waals surface area contributed by atoms with Crippen LogP contribution in [0.3, 0.4) is 0 Å². The molecule has 1 aromatic rings. The first kappa shape index (κ1) is 13.5. The van der Waals surface area contributed by atoms with Crippen LogP contribution in [0.2, 0.25) is 5.02 Å². The van der Waals surface area contributed by atoms with Gasteiger partial charge in [-0.1, -0.05) is 25.4 Å². The van der Waals surface area contributed by atoms with Crippen LogP contribution in [0.4, 0.5) is 5.69 Å². The second-order valence-electron chi connectivity index (χ2n) is 4.04. The highest BCUT2D eigenvalue weighted by atomic mass is 35.5. The van der Waals surface area contributed by atoms with Gasteiger partial charge in [-0.25, -0.2) is 4.79 Å². The molecular weight excluding hydrogens is 242 g/mol. The third-order valence-corrected chi connectivity index (χ3v) is 2.81. The van der Waals surface area contributed by atoms with Crippen LogP contribution in [0.15, 0.2) is 12.1 Å². The molecule has 2 N–H and O–H groups in total. The van der Waals surface area contributed by atoms with Gasteiger partial charge >= 0.3 is 5.97 Å². The summed E-state index contributed by atoms with van der Waals surface area (Å²) in [6, 6.07) is 2.89. The third kappa shape index (κ3) is 2.97. The van der Waals surface area contributed by atoms with E-state index in [1.807, 2.05) is 0 Å². The normalized spacial score (nSPS) is 10.4. The van der Waals surface area contributed by atoms with Crippen LogP contribution >= 0.6 is 11.6 Å². The summed E-state index contributed by atoms with van der Waals surface area (Å²) in [4.78, 5) is 22.6. The number of carbonyl (C=O) groups is 2. The average molecular weight is 256 g/mol. The van der Waals surface area contributed by atoms with E-state index < -0.39 is 5.97 Å². The summed E-state index contributed by atoms with van der Waals surface area (Å²) in [5.74, 6) is -1.56. The number of benzene rings is 1. The fraction of sp³-hybridized carbons (Fsp3) is 0.333. The Labute approximate surface area is 105 Å². The van der Waals surface area contributed by atoms with Crippen molar-refractivity contribution in [2.45, 2.75) is 20.8 Å². The molecular formula is C12H14ClNO3. The summed E-state index contributed by atoms with van der Waals surface area (Å²) < 4.78 is 0. The van der Waals surface area contributed by atoms with Crippen molar-refractivity contribution in [1.29, 1.82) is 0 Å². The number of aromatic carboxylic acids is 1. The van der Waals surface area contributed by atoms with E-state index in [1.54, 1.807) is 20.8 Å². The molecule has 1 amide bonds. The Morgan fingerprint density at radius 1 is 1.35 bits per heavy atom. The number of amides is 1. The zero-order chi connectivity index (χ0) is 13.2. The van der Waals surface area contributed by atoms with Crippen molar-refractivity contribution in [1.82, 2.24) is 0 Å². The number of carbonyl (C=O) groups excluding carboxylic acids is 1. The van der Waals surface area contributed by atoms with Crippen LogP contribution < -0.4 is 5.32 Å². The zero-order valence-corrected chi connectivity index (χ0v) is 10.6. The van der Waals surface area contributed by atoms with E-state index in [0.29, 0.717) is 10.6 Å². The quantitative estimate of drug-likeness (QED) is 0.873. The van der Waals surface area contributed by atoms with Gasteiger partial charge in [-0.2, -0.15) is 0 Å². The van der Waals surface area contributed by atoms with E-state index in [1.165, 1.54) is 12.1 Å². The van der Waals surface area contributed by atoms with Gasteiger partial charge in [0.15, 0.2) is 0 Å². The lowest BCUT2D eigenvalue weighted by atomic mass is 10.1. The van der Waals surface area contributed by atoms with Gasteiger partial charge in [-0.3, -0.25) is 4.79 Å². The molecule has 0 radical (unpaired) electrons. The first-order chi connectivity index (χ1) is 7.84. The number of nitrogens with one attached hydrogen (secondary N) is 1. The van der Waals surface area contributed by atoms with E-state index in [4.69, 9.17) is 16.7 Å². The largest absolute Gasteiger partial charge is 0.478 e. The Morgan fingerprint density at radius 3 is 2.41 bits per heavy atom.